The Labute approximate surface area is 191 Å². The lowest BCUT2D eigenvalue weighted by Crippen LogP contribution is -2.39. The largest absolute Gasteiger partial charge is 0.369 e. The molecule has 1 fully saturated rings. The molecule has 31 heavy (non-hydrogen) atoms. The first-order chi connectivity index (χ1) is 14.9. The second-order valence-corrected chi connectivity index (χ2v) is 8.67. The Morgan fingerprint density at radius 3 is 2.81 bits per heavy atom. The zero-order chi connectivity index (χ0) is 22.0. The van der Waals surface area contributed by atoms with Crippen LogP contribution in [0.2, 0.25) is 10.0 Å². The molecule has 3 aromatic rings. The van der Waals surface area contributed by atoms with E-state index in [0.29, 0.717) is 16.6 Å². The van der Waals surface area contributed by atoms with Gasteiger partial charge >= 0.3 is 0 Å². The summed E-state index contributed by atoms with van der Waals surface area (Å²) in [5, 5.41) is 1.95. The van der Waals surface area contributed by atoms with E-state index >= 15 is 0 Å². The van der Waals surface area contributed by atoms with Gasteiger partial charge in [-0.3, -0.25) is 4.79 Å². The highest BCUT2D eigenvalue weighted by molar-refractivity contribution is 6.42. The number of piperidine rings is 1. The van der Waals surface area contributed by atoms with Crippen LogP contribution < -0.4 is 4.90 Å². The molecule has 0 spiro atoms. The third kappa shape index (κ3) is 4.65. The van der Waals surface area contributed by atoms with Crippen molar-refractivity contribution in [1.82, 2.24) is 14.9 Å². The summed E-state index contributed by atoms with van der Waals surface area (Å²) in [5.74, 6) is 0.564. The van der Waals surface area contributed by atoms with Gasteiger partial charge in [0.05, 0.1) is 33.2 Å². The molecule has 0 radical (unpaired) electrons. The van der Waals surface area contributed by atoms with Gasteiger partial charge in [-0.1, -0.05) is 41.4 Å². The van der Waals surface area contributed by atoms with Crippen LogP contribution in [-0.2, 0) is 4.79 Å². The standard InChI is InChI=1S/C23H23Cl2N5O/c1-29(2)14-28-23(31)16-5-4-10-30(12-16)22-21-17(6-3-7-20(21)26-13-27-22)15-8-9-18(24)19(25)11-15/h3,6-9,11,13-14,16H,4-5,10,12H2,1-2H3/b28-14-. The lowest BCUT2D eigenvalue weighted by atomic mass is 9.96. The Morgan fingerprint density at radius 1 is 1.19 bits per heavy atom. The molecule has 1 aliphatic rings. The second-order valence-electron chi connectivity index (χ2n) is 7.86. The molecule has 0 aliphatic carbocycles. The average Bonchev–Trinajstić information content (AvgIpc) is 2.78. The van der Waals surface area contributed by atoms with Gasteiger partial charge in [0.25, 0.3) is 5.91 Å². The van der Waals surface area contributed by atoms with E-state index < -0.39 is 0 Å². The first-order valence-electron chi connectivity index (χ1n) is 10.1. The number of amides is 1. The highest BCUT2D eigenvalue weighted by Gasteiger charge is 2.28. The molecule has 2 aromatic carbocycles. The quantitative estimate of drug-likeness (QED) is 0.411. The van der Waals surface area contributed by atoms with Crippen LogP contribution in [0.3, 0.4) is 0 Å². The summed E-state index contributed by atoms with van der Waals surface area (Å²) in [6.07, 6.45) is 4.85. The van der Waals surface area contributed by atoms with Crippen molar-refractivity contribution in [2.24, 2.45) is 10.9 Å². The number of carbonyl (C=O) groups is 1. The smallest absolute Gasteiger partial charge is 0.251 e. The minimum absolute atomic E-state index is 0.0959. The number of benzene rings is 2. The monoisotopic (exact) mass is 455 g/mol. The van der Waals surface area contributed by atoms with E-state index in [1.165, 1.54) is 0 Å². The van der Waals surface area contributed by atoms with Crippen LogP contribution in [0.15, 0.2) is 47.7 Å². The van der Waals surface area contributed by atoms with Crippen molar-refractivity contribution in [2.75, 3.05) is 32.1 Å². The van der Waals surface area contributed by atoms with Gasteiger partial charge in [-0.25, -0.2) is 15.0 Å². The van der Waals surface area contributed by atoms with E-state index in [1.807, 2.05) is 44.4 Å². The fourth-order valence-corrected chi connectivity index (χ4v) is 4.18. The van der Waals surface area contributed by atoms with Crippen molar-refractivity contribution in [3.63, 3.8) is 0 Å². The number of aromatic nitrogens is 2. The maximum Gasteiger partial charge on any atom is 0.251 e. The lowest BCUT2D eigenvalue weighted by molar-refractivity contribution is -0.121. The number of aliphatic imine (C=N–C) groups is 1. The van der Waals surface area contributed by atoms with Crippen molar-refractivity contribution in [1.29, 1.82) is 0 Å². The first kappa shape index (κ1) is 21.5. The molecule has 4 rings (SSSR count). The zero-order valence-corrected chi connectivity index (χ0v) is 18.9. The highest BCUT2D eigenvalue weighted by atomic mass is 35.5. The van der Waals surface area contributed by atoms with E-state index in [0.717, 1.165) is 47.2 Å². The van der Waals surface area contributed by atoms with Crippen LogP contribution in [0.1, 0.15) is 12.8 Å². The number of halogens is 2. The summed E-state index contributed by atoms with van der Waals surface area (Å²) in [6, 6.07) is 11.6. The number of carbonyl (C=O) groups excluding carboxylic acids is 1. The fourth-order valence-electron chi connectivity index (χ4n) is 3.89. The molecule has 1 aromatic heterocycles. The molecule has 6 nitrogen and oxygen atoms in total. The molecule has 0 saturated carbocycles. The predicted molar refractivity (Wildman–Crippen MR) is 127 cm³/mol. The maximum absolute atomic E-state index is 12.6. The minimum Gasteiger partial charge on any atom is -0.369 e. The summed E-state index contributed by atoms with van der Waals surface area (Å²) in [4.78, 5) is 29.7. The highest BCUT2D eigenvalue weighted by Crippen LogP contribution is 2.37. The van der Waals surface area contributed by atoms with Crippen LogP contribution in [0, 0.1) is 5.92 Å². The Hall–Kier alpha value is -2.70. The van der Waals surface area contributed by atoms with Gasteiger partial charge in [-0.05, 0) is 42.2 Å². The van der Waals surface area contributed by atoms with Crippen LogP contribution in [-0.4, -0.2) is 54.3 Å². The number of hydrogen-bond acceptors (Lipinski definition) is 4. The first-order valence-corrected chi connectivity index (χ1v) is 10.9. The van der Waals surface area contributed by atoms with Gasteiger partial charge in [0.2, 0.25) is 0 Å². The Balaban J connectivity index is 1.74. The molecule has 160 valence electrons. The summed E-state index contributed by atoms with van der Waals surface area (Å²) < 4.78 is 0. The Morgan fingerprint density at radius 2 is 2.03 bits per heavy atom. The molecule has 1 aliphatic heterocycles. The van der Waals surface area contributed by atoms with Gasteiger partial charge in [0.1, 0.15) is 12.1 Å². The fraction of sp³-hybridized carbons (Fsp3) is 0.304. The normalized spacial score (nSPS) is 16.8. The van der Waals surface area contributed by atoms with Crippen LogP contribution in [0.4, 0.5) is 5.82 Å². The number of anilines is 1. The van der Waals surface area contributed by atoms with Crippen molar-refractivity contribution in [2.45, 2.75) is 12.8 Å². The van der Waals surface area contributed by atoms with Crippen molar-refractivity contribution < 1.29 is 4.79 Å². The van der Waals surface area contributed by atoms with Crippen molar-refractivity contribution in [3.05, 3.63) is 52.8 Å². The summed E-state index contributed by atoms with van der Waals surface area (Å²) in [7, 11) is 3.70. The zero-order valence-electron chi connectivity index (χ0n) is 17.4. The van der Waals surface area contributed by atoms with Gasteiger partial charge in [-0.15, -0.1) is 0 Å². The van der Waals surface area contributed by atoms with Crippen LogP contribution in [0.25, 0.3) is 22.0 Å². The number of fused-ring (bicyclic) bond motifs is 1. The Bertz CT molecular complexity index is 1140. The number of hydrogen-bond donors (Lipinski definition) is 0. The molecule has 0 N–H and O–H groups in total. The number of nitrogens with zero attached hydrogens (tertiary/aromatic N) is 5. The SMILES string of the molecule is CN(C)/C=N\C(=O)C1CCCN(c2ncnc3cccc(-c4ccc(Cl)c(Cl)c4)c23)C1. The molecule has 1 amide bonds. The summed E-state index contributed by atoms with van der Waals surface area (Å²) in [5.41, 5.74) is 2.76. The molecule has 2 heterocycles. The Kier molecular flexibility index (Phi) is 6.39. The van der Waals surface area contributed by atoms with Gasteiger partial charge in [0, 0.05) is 27.2 Å². The van der Waals surface area contributed by atoms with Gasteiger partial charge in [0.15, 0.2) is 0 Å². The third-order valence-electron chi connectivity index (χ3n) is 5.36. The molecule has 0 bridgehead atoms. The maximum atomic E-state index is 12.6. The van der Waals surface area contributed by atoms with E-state index in [9.17, 15) is 4.79 Å². The molecule has 1 saturated heterocycles. The van der Waals surface area contributed by atoms with E-state index in [2.05, 4.69) is 19.9 Å². The molecule has 1 atom stereocenters. The number of rotatable bonds is 4. The van der Waals surface area contributed by atoms with Crippen molar-refractivity contribution >= 4 is 52.2 Å². The second kappa shape index (κ2) is 9.20. The van der Waals surface area contributed by atoms with E-state index in [1.54, 1.807) is 23.6 Å². The van der Waals surface area contributed by atoms with Gasteiger partial charge in [-0.2, -0.15) is 0 Å². The van der Waals surface area contributed by atoms with E-state index in [4.69, 9.17) is 23.2 Å². The van der Waals surface area contributed by atoms with Gasteiger partial charge < -0.3 is 9.80 Å². The van der Waals surface area contributed by atoms with E-state index in [-0.39, 0.29) is 11.8 Å². The molecule has 8 heteroatoms. The lowest BCUT2D eigenvalue weighted by Gasteiger charge is -2.33. The molecular weight excluding hydrogens is 433 g/mol. The van der Waals surface area contributed by atoms with Crippen LogP contribution >= 0.6 is 23.2 Å². The van der Waals surface area contributed by atoms with Crippen molar-refractivity contribution in [3.8, 4) is 11.1 Å². The summed E-state index contributed by atoms with van der Waals surface area (Å²) in [6.45, 7) is 1.40. The topological polar surface area (TPSA) is 61.7 Å². The molecule has 1 unspecified atom stereocenters. The molecular formula is C23H23Cl2N5O. The third-order valence-corrected chi connectivity index (χ3v) is 6.10. The van der Waals surface area contributed by atoms with Crippen LogP contribution in [0.5, 0.6) is 0 Å². The predicted octanol–water partition coefficient (Wildman–Crippen LogP) is 4.94. The summed E-state index contributed by atoms with van der Waals surface area (Å²) >= 11 is 12.4. The average molecular weight is 456 g/mol. The minimum atomic E-state index is -0.160.